The molecule has 3 nitrogen and oxygen atoms in total. The van der Waals surface area contributed by atoms with Gasteiger partial charge in [-0.1, -0.05) is 113 Å². The summed E-state index contributed by atoms with van der Waals surface area (Å²) in [6.45, 7) is 18.4. The van der Waals surface area contributed by atoms with Crippen molar-refractivity contribution in [3.05, 3.63) is 103 Å². The fourth-order valence-corrected chi connectivity index (χ4v) is 10.1. The fraction of sp³-hybridized carbons (Fsp3) is 0.429. The Morgan fingerprint density at radius 1 is 0.795 bits per heavy atom. The van der Waals surface area contributed by atoms with Crippen LogP contribution in [0.2, 0.25) is 5.04 Å². The fourth-order valence-electron chi connectivity index (χ4n) is 5.32. The first kappa shape index (κ1) is 30.9. The van der Waals surface area contributed by atoms with E-state index in [1.165, 1.54) is 10.4 Å². The lowest BCUT2D eigenvalue weighted by atomic mass is 9.93. The minimum absolute atomic E-state index is 0.0367. The summed E-state index contributed by atoms with van der Waals surface area (Å²) in [5.41, 5.74) is 1.15. The van der Waals surface area contributed by atoms with Gasteiger partial charge in [0.1, 0.15) is 5.75 Å². The second-order valence-corrected chi connectivity index (χ2v) is 16.1. The molecule has 0 aliphatic heterocycles. The molecule has 0 amide bonds. The number of benzene rings is 3. The zero-order chi connectivity index (χ0) is 28.5. The van der Waals surface area contributed by atoms with Gasteiger partial charge in [-0.25, -0.2) is 0 Å². The van der Waals surface area contributed by atoms with Crippen molar-refractivity contribution < 1.29 is 13.9 Å². The van der Waals surface area contributed by atoms with E-state index in [1.54, 1.807) is 7.11 Å². The lowest BCUT2D eigenvalue weighted by Crippen LogP contribution is -2.67. The highest BCUT2D eigenvalue weighted by molar-refractivity contribution is 6.99. The lowest BCUT2D eigenvalue weighted by molar-refractivity contribution is 0.00532. The van der Waals surface area contributed by atoms with Crippen molar-refractivity contribution >= 4 is 18.7 Å². The Morgan fingerprint density at radius 3 is 1.79 bits per heavy atom. The molecule has 0 aromatic heterocycles. The van der Waals surface area contributed by atoms with Crippen molar-refractivity contribution in [1.82, 2.24) is 0 Å². The summed E-state index contributed by atoms with van der Waals surface area (Å²) in [6, 6.07) is 29.9. The molecule has 3 rings (SSSR count). The monoisotopic (exact) mass is 544 g/mol. The third-order valence-electron chi connectivity index (χ3n) is 8.07. The SMILES string of the molecule is C=C[C@@H](C)[C@H](CC[C@H](C)[C@@H](C)O[Si](c1ccccc1)(c1ccccc1)C(C)(C)C)OCc1ccc(OC)cc1. The Morgan fingerprint density at radius 2 is 1.33 bits per heavy atom. The predicted octanol–water partition coefficient (Wildman–Crippen LogP) is 7.78. The first-order valence-electron chi connectivity index (χ1n) is 14.3. The second-order valence-electron chi connectivity index (χ2n) is 11.8. The summed E-state index contributed by atoms with van der Waals surface area (Å²) in [4.78, 5) is 0. The van der Waals surface area contributed by atoms with Crippen LogP contribution in [0.4, 0.5) is 0 Å². The van der Waals surface area contributed by atoms with Crippen LogP contribution >= 0.6 is 0 Å². The highest BCUT2D eigenvalue weighted by Gasteiger charge is 2.51. The molecule has 3 aromatic carbocycles. The van der Waals surface area contributed by atoms with Crippen LogP contribution < -0.4 is 15.1 Å². The quantitative estimate of drug-likeness (QED) is 0.153. The smallest absolute Gasteiger partial charge is 0.261 e. The van der Waals surface area contributed by atoms with Gasteiger partial charge in [-0.3, -0.25) is 0 Å². The molecule has 0 aliphatic carbocycles. The second kappa shape index (κ2) is 14.1. The summed E-state index contributed by atoms with van der Waals surface area (Å²) in [5.74, 6) is 1.50. The molecule has 4 atom stereocenters. The average molecular weight is 545 g/mol. The minimum Gasteiger partial charge on any atom is -0.497 e. The summed E-state index contributed by atoms with van der Waals surface area (Å²) >= 11 is 0. The zero-order valence-corrected chi connectivity index (χ0v) is 26.0. The van der Waals surface area contributed by atoms with Crippen LogP contribution in [0.1, 0.15) is 59.9 Å². The molecule has 39 heavy (non-hydrogen) atoms. The Labute approximate surface area is 238 Å². The molecule has 0 radical (unpaired) electrons. The van der Waals surface area contributed by atoms with E-state index >= 15 is 0 Å². The maximum absolute atomic E-state index is 7.37. The third kappa shape index (κ3) is 7.72. The summed E-state index contributed by atoms with van der Waals surface area (Å²) in [5, 5.41) is 2.61. The van der Waals surface area contributed by atoms with E-state index in [1.807, 2.05) is 18.2 Å². The molecule has 210 valence electrons. The van der Waals surface area contributed by atoms with Crippen LogP contribution in [-0.4, -0.2) is 27.6 Å². The molecule has 0 unspecified atom stereocenters. The van der Waals surface area contributed by atoms with Gasteiger partial charge in [0.15, 0.2) is 0 Å². The first-order valence-corrected chi connectivity index (χ1v) is 16.2. The van der Waals surface area contributed by atoms with Crippen LogP contribution in [-0.2, 0) is 15.8 Å². The van der Waals surface area contributed by atoms with Crippen LogP contribution in [0.5, 0.6) is 5.75 Å². The normalized spacial score (nSPS) is 15.3. The highest BCUT2D eigenvalue weighted by atomic mass is 28.4. The Balaban J connectivity index is 1.76. The number of hydrogen-bond donors (Lipinski definition) is 0. The molecule has 0 saturated carbocycles. The molecule has 0 fully saturated rings. The predicted molar refractivity (Wildman–Crippen MR) is 167 cm³/mol. The molecular formula is C35H48O3Si. The largest absolute Gasteiger partial charge is 0.497 e. The van der Waals surface area contributed by atoms with Crippen molar-refractivity contribution in [2.24, 2.45) is 11.8 Å². The Bertz CT molecular complexity index is 1080. The molecule has 4 heteroatoms. The molecule has 0 aliphatic rings. The van der Waals surface area contributed by atoms with Gasteiger partial charge in [-0.15, -0.1) is 6.58 Å². The van der Waals surface area contributed by atoms with E-state index in [0.29, 0.717) is 12.5 Å². The van der Waals surface area contributed by atoms with E-state index in [-0.39, 0.29) is 23.2 Å². The molecule has 0 bridgehead atoms. The summed E-state index contributed by atoms with van der Waals surface area (Å²) in [6.07, 6.45) is 4.18. The maximum Gasteiger partial charge on any atom is 0.261 e. The van der Waals surface area contributed by atoms with Gasteiger partial charge in [-0.05, 0) is 64.7 Å². The molecular weight excluding hydrogens is 496 g/mol. The summed E-state index contributed by atoms with van der Waals surface area (Å²) < 4.78 is 19.1. The van der Waals surface area contributed by atoms with Gasteiger partial charge in [0.2, 0.25) is 0 Å². The minimum atomic E-state index is -2.58. The maximum atomic E-state index is 7.37. The standard InChI is InChI=1S/C35H48O3Si/c1-9-27(2)34(37-26-30-21-23-31(36-8)24-22-30)25-20-28(3)29(4)38-39(35(5,6)7,32-16-12-10-13-17-32)33-18-14-11-15-19-33/h9-19,21-24,27-29,34H,1,20,25-26H2,2-8H3/t27-,28+,29-,34+/m1/s1. The number of hydrogen-bond acceptors (Lipinski definition) is 3. The van der Waals surface area contributed by atoms with Crippen molar-refractivity contribution in [3.63, 3.8) is 0 Å². The van der Waals surface area contributed by atoms with E-state index < -0.39 is 8.32 Å². The van der Waals surface area contributed by atoms with Crippen molar-refractivity contribution in [1.29, 1.82) is 0 Å². The Kier molecular flexibility index (Phi) is 11.2. The van der Waals surface area contributed by atoms with Gasteiger partial charge in [0.05, 0.1) is 19.8 Å². The number of methoxy groups -OCH3 is 1. The van der Waals surface area contributed by atoms with Crippen LogP contribution in [0.3, 0.4) is 0 Å². The molecule has 0 spiro atoms. The van der Waals surface area contributed by atoms with Crippen molar-refractivity contribution in [3.8, 4) is 5.75 Å². The average Bonchev–Trinajstić information content (AvgIpc) is 2.95. The van der Waals surface area contributed by atoms with Gasteiger partial charge in [0, 0.05) is 6.10 Å². The Hall–Kier alpha value is -2.66. The van der Waals surface area contributed by atoms with Crippen LogP contribution in [0.25, 0.3) is 0 Å². The molecule has 0 N–H and O–H groups in total. The lowest BCUT2D eigenvalue weighted by Gasteiger charge is -2.45. The van der Waals surface area contributed by atoms with Crippen LogP contribution in [0, 0.1) is 11.8 Å². The number of ether oxygens (including phenoxy) is 2. The highest BCUT2D eigenvalue weighted by Crippen LogP contribution is 2.38. The van der Waals surface area contributed by atoms with Gasteiger partial charge in [0.25, 0.3) is 8.32 Å². The van der Waals surface area contributed by atoms with Crippen LogP contribution in [0.15, 0.2) is 97.6 Å². The molecule has 0 saturated heterocycles. The van der Waals surface area contributed by atoms with Crippen molar-refractivity contribution in [2.75, 3.05) is 7.11 Å². The van der Waals surface area contributed by atoms with E-state index in [2.05, 4.69) is 121 Å². The summed E-state index contributed by atoms with van der Waals surface area (Å²) in [7, 11) is -0.898. The van der Waals surface area contributed by atoms with Gasteiger partial charge < -0.3 is 13.9 Å². The number of rotatable bonds is 14. The van der Waals surface area contributed by atoms with E-state index in [9.17, 15) is 0 Å². The van der Waals surface area contributed by atoms with Gasteiger partial charge >= 0.3 is 0 Å². The van der Waals surface area contributed by atoms with Crippen molar-refractivity contribution in [2.45, 2.75) is 78.2 Å². The van der Waals surface area contributed by atoms with Gasteiger partial charge in [-0.2, -0.15) is 0 Å². The topological polar surface area (TPSA) is 27.7 Å². The molecule has 0 heterocycles. The third-order valence-corrected chi connectivity index (χ3v) is 13.2. The first-order chi connectivity index (χ1) is 18.6. The zero-order valence-electron chi connectivity index (χ0n) is 25.0. The van der Waals surface area contributed by atoms with E-state index in [4.69, 9.17) is 13.9 Å². The molecule has 3 aromatic rings. The van der Waals surface area contributed by atoms with E-state index in [0.717, 1.165) is 24.2 Å².